The van der Waals surface area contributed by atoms with Gasteiger partial charge in [0.15, 0.2) is 6.10 Å². The van der Waals surface area contributed by atoms with Gasteiger partial charge in [-0.3, -0.25) is 14.4 Å². The Morgan fingerprint density at radius 3 is 0.760 bits per heavy atom. The van der Waals surface area contributed by atoms with Crippen LogP contribution in [0, 0.1) is 11.8 Å². The maximum atomic E-state index is 12.9. The van der Waals surface area contributed by atoms with Crippen LogP contribution in [0.5, 0.6) is 0 Å². The maximum absolute atomic E-state index is 12.9. The van der Waals surface area contributed by atoms with Crippen molar-refractivity contribution in [3.63, 3.8) is 0 Å². The number of hydrogen-bond donors (Lipinski definition) is 0. The van der Waals surface area contributed by atoms with E-state index in [4.69, 9.17) is 14.2 Å². The van der Waals surface area contributed by atoms with E-state index in [1.165, 1.54) is 283 Å². The highest BCUT2D eigenvalue weighted by atomic mass is 16.6. The first kappa shape index (κ1) is 73.4. The predicted molar refractivity (Wildman–Crippen MR) is 326 cm³/mol. The summed E-state index contributed by atoms with van der Waals surface area (Å²) in [5, 5.41) is 0. The van der Waals surface area contributed by atoms with E-state index in [0.29, 0.717) is 19.3 Å². The van der Waals surface area contributed by atoms with Crippen LogP contribution in [0.1, 0.15) is 394 Å². The molecule has 0 aromatic heterocycles. The number of rotatable bonds is 63. The molecular weight excluding hydrogens is 925 g/mol. The quantitative estimate of drug-likeness (QED) is 0.0343. The third-order valence-corrected chi connectivity index (χ3v) is 16.3. The Morgan fingerprint density at radius 2 is 0.507 bits per heavy atom. The minimum atomic E-state index is -0.764. The molecule has 0 saturated heterocycles. The fourth-order valence-corrected chi connectivity index (χ4v) is 10.8. The Morgan fingerprint density at radius 1 is 0.280 bits per heavy atom. The van der Waals surface area contributed by atoms with Crippen molar-refractivity contribution in [1.29, 1.82) is 0 Å². The fraction of sp³-hybridized carbons (Fsp3) is 0.957. The van der Waals surface area contributed by atoms with Crippen molar-refractivity contribution in [3.8, 4) is 0 Å². The van der Waals surface area contributed by atoms with Crippen LogP contribution in [-0.4, -0.2) is 37.2 Å². The summed E-state index contributed by atoms with van der Waals surface area (Å²) in [6.45, 7) is 11.5. The molecule has 6 nitrogen and oxygen atoms in total. The Bertz CT molecular complexity index is 1150. The first-order chi connectivity index (χ1) is 36.8. The van der Waals surface area contributed by atoms with Crippen molar-refractivity contribution in [2.24, 2.45) is 11.8 Å². The highest BCUT2D eigenvalue weighted by Gasteiger charge is 2.20. The number of ether oxygens (including phenoxy) is 3. The first-order valence-corrected chi connectivity index (χ1v) is 34.3. The van der Waals surface area contributed by atoms with Gasteiger partial charge in [-0.15, -0.1) is 0 Å². The zero-order valence-corrected chi connectivity index (χ0v) is 51.7. The van der Waals surface area contributed by atoms with Gasteiger partial charge in [0.2, 0.25) is 0 Å². The molecule has 0 spiro atoms. The average Bonchev–Trinajstić information content (AvgIpc) is 3.40. The molecule has 0 N–H and O–H groups in total. The van der Waals surface area contributed by atoms with Crippen LogP contribution in [0.2, 0.25) is 0 Å². The van der Waals surface area contributed by atoms with Gasteiger partial charge in [0, 0.05) is 19.3 Å². The van der Waals surface area contributed by atoms with Gasteiger partial charge < -0.3 is 14.2 Å². The summed E-state index contributed by atoms with van der Waals surface area (Å²) in [5.41, 5.74) is 0. The monoisotopic (exact) mass is 1060 g/mol. The van der Waals surface area contributed by atoms with E-state index >= 15 is 0 Å². The molecular formula is C69H134O6. The molecule has 1 unspecified atom stereocenters. The lowest BCUT2D eigenvalue weighted by Gasteiger charge is -2.18. The minimum absolute atomic E-state index is 0.0613. The van der Waals surface area contributed by atoms with Crippen LogP contribution in [-0.2, 0) is 28.6 Å². The van der Waals surface area contributed by atoms with Gasteiger partial charge in [0.1, 0.15) is 13.2 Å². The van der Waals surface area contributed by atoms with Crippen LogP contribution in [0.25, 0.3) is 0 Å². The molecule has 0 aromatic carbocycles. The third-order valence-electron chi connectivity index (χ3n) is 16.3. The van der Waals surface area contributed by atoms with Crippen LogP contribution in [0.15, 0.2) is 0 Å². The SMILES string of the molecule is CCCCCCCCCCCCCCCCCCCCC(=O)OC[C@@H](COC(=O)CCCCCCCCCCCCCCCCC(C)CC)OC(=O)CCCCCCCCCCCCCCCCCCCCC(C)C. The summed E-state index contributed by atoms with van der Waals surface area (Å²) in [6.07, 6.45) is 69.6. The molecule has 0 aliphatic carbocycles. The van der Waals surface area contributed by atoms with Gasteiger partial charge in [0.25, 0.3) is 0 Å². The molecule has 0 saturated carbocycles. The van der Waals surface area contributed by atoms with E-state index in [2.05, 4.69) is 34.6 Å². The number of carbonyl (C=O) groups excluding carboxylic acids is 3. The summed E-state index contributed by atoms with van der Waals surface area (Å²) >= 11 is 0. The molecule has 0 bridgehead atoms. The normalized spacial score (nSPS) is 12.4. The van der Waals surface area contributed by atoms with Crippen molar-refractivity contribution in [2.75, 3.05) is 13.2 Å². The summed E-state index contributed by atoms with van der Waals surface area (Å²) < 4.78 is 17.0. The molecule has 2 atom stereocenters. The van der Waals surface area contributed by atoms with Gasteiger partial charge in [-0.25, -0.2) is 0 Å². The van der Waals surface area contributed by atoms with E-state index in [0.717, 1.165) is 69.6 Å². The average molecular weight is 1060 g/mol. The maximum Gasteiger partial charge on any atom is 0.306 e. The molecule has 6 heteroatoms. The lowest BCUT2D eigenvalue weighted by Crippen LogP contribution is -2.30. The topological polar surface area (TPSA) is 78.9 Å². The zero-order valence-electron chi connectivity index (χ0n) is 51.7. The second-order valence-electron chi connectivity index (χ2n) is 24.5. The van der Waals surface area contributed by atoms with Crippen molar-refractivity contribution >= 4 is 17.9 Å². The van der Waals surface area contributed by atoms with E-state index < -0.39 is 6.10 Å². The van der Waals surface area contributed by atoms with Crippen LogP contribution < -0.4 is 0 Å². The van der Waals surface area contributed by atoms with Gasteiger partial charge in [-0.1, -0.05) is 356 Å². The lowest BCUT2D eigenvalue weighted by atomic mass is 9.99. The van der Waals surface area contributed by atoms with Crippen LogP contribution in [0.4, 0.5) is 0 Å². The highest BCUT2D eigenvalue weighted by Crippen LogP contribution is 2.20. The van der Waals surface area contributed by atoms with Crippen molar-refractivity contribution in [2.45, 2.75) is 400 Å². The van der Waals surface area contributed by atoms with Gasteiger partial charge in [-0.2, -0.15) is 0 Å². The van der Waals surface area contributed by atoms with E-state index in [-0.39, 0.29) is 31.1 Å². The Labute approximate surface area is 469 Å². The highest BCUT2D eigenvalue weighted by molar-refractivity contribution is 5.71. The molecule has 0 aliphatic rings. The van der Waals surface area contributed by atoms with Crippen molar-refractivity contribution in [3.05, 3.63) is 0 Å². The number of carbonyl (C=O) groups is 3. The van der Waals surface area contributed by atoms with Crippen LogP contribution >= 0.6 is 0 Å². The molecule has 0 radical (unpaired) electrons. The summed E-state index contributed by atoms with van der Waals surface area (Å²) in [5.74, 6) is 0.928. The first-order valence-electron chi connectivity index (χ1n) is 34.3. The van der Waals surface area contributed by atoms with Crippen molar-refractivity contribution in [1.82, 2.24) is 0 Å². The summed E-state index contributed by atoms with van der Waals surface area (Å²) in [6, 6.07) is 0. The number of unbranched alkanes of at least 4 members (excludes halogenated alkanes) is 47. The molecule has 0 heterocycles. The largest absolute Gasteiger partial charge is 0.462 e. The van der Waals surface area contributed by atoms with E-state index in [1.807, 2.05) is 0 Å². The molecule has 0 fully saturated rings. The predicted octanol–water partition coefficient (Wildman–Crippen LogP) is 23.2. The second-order valence-corrected chi connectivity index (χ2v) is 24.5. The van der Waals surface area contributed by atoms with E-state index in [9.17, 15) is 14.4 Å². The second kappa shape index (κ2) is 61.6. The standard InChI is InChI=1S/C69H134O6/c1-6-8-9-10-11-12-13-14-15-16-20-23-29-34-39-44-49-54-59-67(70)73-62-66(63-74-68(71)60-55-50-45-40-35-30-26-25-28-33-38-43-48-53-58-65(5)7-2)75-69(72)61-56-51-46-41-36-31-24-21-18-17-19-22-27-32-37-42-47-52-57-64(3)4/h64-66H,6-63H2,1-5H3/t65?,66-/m0/s1. The molecule has 0 aromatic rings. The molecule has 446 valence electrons. The van der Waals surface area contributed by atoms with Gasteiger partial charge in [0.05, 0.1) is 0 Å². The fourth-order valence-electron chi connectivity index (χ4n) is 10.8. The number of hydrogen-bond acceptors (Lipinski definition) is 6. The molecule has 75 heavy (non-hydrogen) atoms. The minimum Gasteiger partial charge on any atom is -0.462 e. The Balaban J connectivity index is 4.28. The van der Waals surface area contributed by atoms with Gasteiger partial charge >= 0.3 is 17.9 Å². The van der Waals surface area contributed by atoms with E-state index in [1.54, 1.807) is 0 Å². The summed E-state index contributed by atoms with van der Waals surface area (Å²) in [7, 11) is 0. The smallest absolute Gasteiger partial charge is 0.306 e. The Hall–Kier alpha value is -1.59. The number of esters is 3. The van der Waals surface area contributed by atoms with Crippen molar-refractivity contribution < 1.29 is 28.6 Å². The molecule has 0 rings (SSSR count). The summed E-state index contributed by atoms with van der Waals surface area (Å²) in [4.78, 5) is 38.4. The molecule has 0 aliphatic heterocycles. The molecule has 0 amide bonds. The third kappa shape index (κ3) is 61.5. The zero-order chi connectivity index (χ0) is 54.6. The van der Waals surface area contributed by atoms with Crippen LogP contribution in [0.3, 0.4) is 0 Å². The lowest BCUT2D eigenvalue weighted by molar-refractivity contribution is -0.167. The van der Waals surface area contributed by atoms with Gasteiger partial charge in [-0.05, 0) is 31.1 Å². The Kier molecular flexibility index (Phi) is 60.3.